The zero-order valence-corrected chi connectivity index (χ0v) is 6.71. The normalized spacial score (nSPS) is 52.1. The van der Waals surface area contributed by atoms with Crippen molar-refractivity contribution < 1.29 is 4.79 Å². The van der Waals surface area contributed by atoms with E-state index in [0.717, 1.165) is 18.8 Å². The van der Waals surface area contributed by atoms with Crippen LogP contribution in [0, 0.1) is 23.7 Å². The lowest BCUT2D eigenvalue weighted by molar-refractivity contribution is -0.126. The second-order valence-electron chi connectivity index (χ2n) is 4.25. The number of carbonyl (C=O) groups is 1. The van der Waals surface area contributed by atoms with Crippen LogP contribution in [0.15, 0.2) is 11.6 Å². The van der Waals surface area contributed by atoms with Crippen molar-refractivity contribution in [2.75, 3.05) is 0 Å². The summed E-state index contributed by atoms with van der Waals surface area (Å²) in [6.07, 6.45) is 4.67. The third-order valence-electron chi connectivity index (χ3n) is 3.76. The minimum absolute atomic E-state index is 0.369. The SMILES string of the molecule is CC1C2=CC3CC2C(=O)C1C3. The predicted molar refractivity (Wildman–Crippen MR) is 42.0 cm³/mol. The van der Waals surface area contributed by atoms with Gasteiger partial charge in [0.1, 0.15) is 5.78 Å². The van der Waals surface area contributed by atoms with Gasteiger partial charge in [0.05, 0.1) is 0 Å². The highest BCUT2D eigenvalue weighted by atomic mass is 16.1. The Morgan fingerprint density at radius 2 is 2.27 bits per heavy atom. The van der Waals surface area contributed by atoms with E-state index in [-0.39, 0.29) is 0 Å². The van der Waals surface area contributed by atoms with Gasteiger partial charge in [-0.3, -0.25) is 4.79 Å². The summed E-state index contributed by atoms with van der Waals surface area (Å²) in [5.41, 5.74) is 1.48. The maximum Gasteiger partial charge on any atom is 0.143 e. The number of hydrogen-bond donors (Lipinski definition) is 0. The van der Waals surface area contributed by atoms with Crippen LogP contribution in [-0.2, 0) is 4.79 Å². The average Bonchev–Trinajstić information content (AvgIpc) is 2.39. The minimum Gasteiger partial charge on any atom is -0.299 e. The molecule has 0 aromatic carbocycles. The van der Waals surface area contributed by atoms with Crippen LogP contribution in [0.1, 0.15) is 19.8 Å². The Bertz CT molecular complexity index is 264. The molecule has 11 heavy (non-hydrogen) atoms. The Hall–Kier alpha value is -0.590. The van der Waals surface area contributed by atoms with Crippen LogP contribution in [0.2, 0.25) is 0 Å². The lowest BCUT2D eigenvalue weighted by Crippen LogP contribution is -2.25. The average molecular weight is 148 g/mol. The second kappa shape index (κ2) is 1.60. The van der Waals surface area contributed by atoms with Crippen molar-refractivity contribution >= 4 is 5.78 Å². The molecule has 4 aliphatic carbocycles. The zero-order valence-electron chi connectivity index (χ0n) is 6.71. The van der Waals surface area contributed by atoms with Crippen molar-refractivity contribution in [1.82, 2.24) is 0 Å². The van der Waals surface area contributed by atoms with Gasteiger partial charge in [0.2, 0.25) is 0 Å². The van der Waals surface area contributed by atoms with Crippen molar-refractivity contribution in [3.8, 4) is 0 Å². The standard InChI is InChI=1S/C10H12O/c1-5-7-2-6-3-8(5)10(11)9(7)4-6/h2,5-6,8-9H,3-4H2,1H3. The highest BCUT2D eigenvalue weighted by molar-refractivity contribution is 5.92. The van der Waals surface area contributed by atoms with E-state index >= 15 is 0 Å². The van der Waals surface area contributed by atoms with Crippen LogP contribution >= 0.6 is 0 Å². The van der Waals surface area contributed by atoms with Gasteiger partial charge in [0.25, 0.3) is 0 Å². The molecule has 1 nitrogen and oxygen atoms in total. The second-order valence-corrected chi connectivity index (χ2v) is 4.25. The van der Waals surface area contributed by atoms with E-state index in [4.69, 9.17) is 0 Å². The van der Waals surface area contributed by atoms with E-state index in [1.807, 2.05) is 0 Å². The molecular weight excluding hydrogens is 136 g/mol. The molecule has 4 bridgehead atoms. The molecule has 4 aliphatic rings. The van der Waals surface area contributed by atoms with Gasteiger partial charge in [-0.1, -0.05) is 18.6 Å². The summed E-state index contributed by atoms with van der Waals surface area (Å²) in [4.78, 5) is 11.6. The van der Waals surface area contributed by atoms with Crippen LogP contribution in [0.5, 0.6) is 0 Å². The molecular formula is C10H12O. The molecule has 0 amide bonds. The monoisotopic (exact) mass is 148 g/mol. The van der Waals surface area contributed by atoms with Crippen LogP contribution in [0.4, 0.5) is 0 Å². The molecule has 4 unspecified atom stereocenters. The largest absolute Gasteiger partial charge is 0.299 e. The number of hydrogen-bond acceptors (Lipinski definition) is 1. The summed E-state index contributed by atoms with van der Waals surface area (Å²) in [7, 11) is 0. The Labute approximate surface area is 66.5 Å². The van der Waals surface area contributed by atoms with Gasteiger partial charge in [0, 0.05) is 11.8 Å². The Kier molecular flexibility index (Phi) is 0.869. The topological polar surface area (TPSA) is 17.1 Å². The molecule has 1 heteroatoms. The van der Waals surface area contributed by atoms with E-state index in [2.05, 4.69) is 13.0 Å². The first-order valence-electron chi connectivity index (χ1n) is 4.52. The summed E-state index contributed by atoms with van der Waals surface area (Å²) in [5, 5.41) is 0. The summed E-state index contributed by atoms with van der Waals surface area (Å²) < 4.78 is 0. The number of rotatable bonds is 0. The molecule has 58 valence electrons. The van der Waals surface area contributed by atoms with Crippen molar-refractivity contribution in [2.45, 2.75) is 19.8 Å². The first-order chi connectivity index (χ1) is 5.27. The zero-order chi connectivity index (χ0) is 7.59. The van der Waals surface area contributed by atoms with Gasteiger partial charge in [-0.05, 0) is 24.7 Å². The maximum absolute atomic E-state index is 11.6. The lowest BCUT2D eigenvalue weighted by Gasteiger charge is -2.24. The van der Waals surface area contributed by atoms with Gasteiger partial charge in [-0.15, -0.1) is 0 Å². The van der Waals surface area contributed by atoms with E-state index in [9.17, 15) is 4.79 Å². The van der Waals surface area contributed by atoms with Crippen molar-refractivity contribution in [3.05, 3.63) is 11.6 Å². The lowest BCUT2D eigenvalue weighted by atomic mass is 9.79. The van der Waals surface area contributed by atoms with Crippen LogP contribution in [-0.4, -0.2) is 5.78 Å². The molecule has 0 aromatic heterocycles. The summed E-state index contributed by atoms with van der Waals surface area (Å²) in [6, 6.07) is 0. The molecule has 0 radical (unpaired) electrons. The number of ketones is 1. The Morgan fingerprint density at radius 1 is 1.45 bits per heavy atom. The van der Waals surface area contributed by atoms with Crippen LogP contribution < -0.4 is 0 Å². The molecule has 0 N–H and O–H groups in total. The number of allylic oxidation sites excluding steroid dienone is 2. The van der Waals surface area contributed by atoms with Gasteiger partial charge < -0.3 is 0 Å². The van der Waals surface area contributed by atoms with Crippen LogP contribution in [0.25, 0.3) is 0 Å². The Morgan fingerprint density at radius 3 is 2.91 bits per heavy atom. The molecule has 4 rings (SSSR count). The summed E-state index contributed by atoms with van der Waals surface area (Å²) in [6.45, 7) is 2.22. The van der Waals surface area contributed by atoms with Gasteiger partial charge in [0.15, 0.2) is 0 Å². The summed E-state index contributed by atoms with van der Waals surface area (Å²) >= 11 is 0. The van der Waals surface area contributed by atoms with Gasteiger partial charge in [-0.2, -0.15) is 0 Å². The third kappa shape index (κ3) is 0.524. The van der Waals surface area contributed by atoms with Gasteiger partial charge >= 0.3 is 0 Å². The molecule has 2 fully saturated rings. The highest BCUT2D eigenvalue weighted by Gasteiger charge is 2.52. The number of carbonyl (C=O) groups excluding carboxylic acids is 1. The van der Waals surface area contributed by atoms with E-state index in [1.54, 1.807) is 0 Å². The van der Waals surface area contributed by atoms with E-state index < -0.39 is 0 Å². The Balaban J connectivity index is 2.17. The molecule has 4 atom stereocenters. The fourth-order valence-electron chi connectivity index (χ4n) is 3.19. The molecule has 0 spiro atoms. The van der Waals surface area contributed by atoms with Crippen molar-refractivity contribution in [2.24, 2.45) is 23.7 Å². The van der Waals surface area contributed by atoms with E-state index in [0.29, 0.717) is 23.5 Å². The number of Topliss-reactive ketones (excluding diaryl/α,β-unsaturated/α-hetero) is 1. The third-order valence-corrected chi connectivity index (χ3v) is 3.76. The predicted octanol–water partition coefficient (Wildman–Crippen LogP) is 1.79. The molecule has 2 saturated carbocycles. The fraction of sp³-hybridized carbons (Fsp3) is 0.700. The van der Waals surface area contributed by atoms with Gasteiger partial charge in [-0.25, -0.2) is 0 Å². The minimum atomic E-state index is 0.369. The summed E-state index contributed by atoms with van der Waals surface area (Å²) in [5.74, 6) is 2.70. The molecule has 0 saturated heterocycles. The molecule has 0 aliphatic heterocycles. The van der Waals surface area contributed by atoms with Crippen LogP contribution in [0.3, 0.4) is 0 Å². The quantitative estimate of drug-likeness (QED) is 0.479. The fourth-order valence-corrected chi connectivity index (χ4v) is 3.19. The first kappa shape index (κ1) is 5.99. The van der Waals surface area contributed by atoms with Crippen molar-refractivity contribution in [3.63, 3.8) is 0 Å². The first-order valence-corrected chi connectivity index (χ1v) is 4.52. The van der Waals surface area contributed by atoms with E-state index in [1.165, 1.54) is 5.57 Å². The van der Waals surface area contributed by atoms with Crippen molar-refractivity contribution in [1.29, 1.82) is 0 Å². The molecule has 0 heterocycles. The maximum atomic E-state index is 11.6. The molecule has 0 aromatic rings. The highest BCUT2D eigenvalue weighted by Crippen LogP contribution is 2.54. The smallest absolute Gasteiger partial charge is 0.143 e.